The first kappa shape index (κ1) is 23.2. The second kappa shape index (κ2) is 10.7. The molecule has 0 unspecified atom stereocenters. The van der Waals surface area contributed by atoms with E-state index in [9.17, 15) is 8.42 Å². The van der Waals surface area contributed by atoms with Crippen molar-refractivity contribution in [1.29, 1.82) is 0 Å². The minimum absolute atomic E-state index is 0. The molecule has 0 amide bonds. The van der Waals surface area contributed by atoms with Gasteiger partial charge in [0.25, 0.3) is 0 Å². The second-order valence-corrected chi connectivity index (χ2v) is 11.3. The normalized spacial score (nSPS) is 20.3. The molecule has 154 valence electrons. The summed E-state index contributed by atoms with van der Waals surface area (Å²) in [5, 5.41) is 5.09. The van der Waals surface area contributed by atoms with E-state index in [0.29, 0.717) is 22.0 Å². The molecule has 1 spiro atoms. The highest BCUT2D eigenvalue weighted by Crippen LogP contribution is 2.42. The van der Waals surface area contributed by atoms with Crippen LogP contribution in [0.15, 0.2) is 26.7 Å². The van der Waals surface area contributed by atoms with Crippen LogP contribution in [0.5, 0.6) is 0 Å². The summed E-state index contributed by atoms with van der Waals surface area (Å²) in [5.41, 5.74) is 0. The van der Waals surface area contributed by atoms with E-state index < -0.39 is 10.0 Å². The van der Waals surface area contributed by atoms with Gasteiger partial charge in [0.15, 0.2) is 5.96 Å². The third kappa shape index (κ3) is 6.22. The molecule has 1 aromatic heterocycles. The first-order chi connectivity index (χ1) is 12.5. The molecule has 2 aliphatic rings. The number of nitrogens with zero attached hydrogens (tertiary/aromatic N) is 2. The van der Waals surface area contributed by atoms with Gasteiger partial charge in [-0.1, -0.05) is 25.3 Å². The lowest BCUT2D eigenvalue weighted by Crippen LogP contribution is -2.54. The summed E-state index contributed by atoms with van der Waals surface area (Å²) in [4.78, 5) is 6.76. The van der Waals surface area contributed by atoms with Gasteiger partial charge in [-0.15, -0.1) is 35.3 Å². The highest BCUT2D eigenvalue weighted by molar-refractivity contribution is 14.0. The lowest BCUT2D eigenvalue weighted by Gasteiger charge is -2.45. The number of hydrogen-bond acceptors (Lipinski definition) is 5. The van der Waals surface area contributed by atoms with Crippen molar-refractivity contribution in [2.75, 3.05) is 39.0 Å². The van der Waals surface area contributed by atoms with Crippen LogP contribution in [0, 0.1) is 0 Å². The van der Waals surface area contributed by atoms with Crippen molar-refractivity contribution in [2.24, 2.45) is 4.99 Å². The monoisotopic (exact) mass is 544 g/mol. The predicted molar refractivity (Wildman–Crippen MR) is 126 cm³/mol. The standard InChI is InChI=1S/C17H28N4O2S3.HI/c1-18-16(19-9-10-20-26(22,23)15-6-5-12-24-15)21-11-13-25-17(14-21)7-3-2-4-8-17;/h5-6,12,20H,2-4,7-11,13-14H2,1H3,(H,18,19);1H. The second-order valence-electron chi connectivity index (χ2n) is 6.82. The van der Waals surface area contributed by atoms with Crippen LogP contribution in [0.4, 0.5) is 0 Å². The van der Waals surface area contributed by atoms with Gasteiger partial charge in [0.2, 0.25) is 10.0 Å². The molecule has 2 heterocycles. The van der Waals surface area contributed by atoms with Gasteiger partial charge in [-0.2, -0.15) is 11.8 Å². The Morgan fingerprint density at radius 3 is 2.74 bits per heavy atom. The van der Waals surface area contributed by atoms with Gasteiger partial charge in [-0.3, -0.25) is 4.99 Å². The maximum atomic E-state index is 12.1. The van der Waals surface area contributed by atoms with E-state index in [2.05, 4.69) is 31.7 Å². The van der Waals surface area contributed by atoms with Crippen molar-refractivity contribution >= 4 is 63.1 Å². The Morgan fingerprint density at radius 1 is 1.30 bits per heavy atom. The predicted octanol–water partition coefficient (Wildman–Crippen LogP) is 2.97. The molecular weight excluding hydrogens is 515 g/mol. The number of sulfonamides is 1. The number of nitrogens with one attached hydrogen (secondary N) is 2. The van der Waals surface area contributed by atoms with Gasteiger partial charge in [0.05, 0.1) is 0 Å². The first-order valence-corrected chi connectivity index (χ1v) is 12.5. The fourth-order valence-corrected chi connectivity index (χ4v) is 7.34. The summed E-state index contributed by atoms with van der Waals surface area (Å²) in [6.45, 7) is 2.90. The Morgan fingerprint density at radius 2 is 2.07 bits per heavy atom. The summed E-state index contributed by atoms with van der Waals surface area (Å²) < 4.78 is 27.7. The van der Waals surface area contributed by atoms with E-state index in [0.717, 1.165) is 24.8 Å². The number of guanidine groups is 1. The number of rotatable bonds is 5. The molecule has 1 aliphatic carbocycles. The average molecular weight is 545 g/mol. The maximum Gasteiger partial charge on any atom is 0.250 e. The molecule has 10 heteroatoms. The highest BCUT2D eigenvalue weighted by Gasteiger charge is 2.38. The molecule has 1 aromatic rings. The molecule has 1 aliphatic heterocycles. The van der Waals surface area contributed by atoms with Gasteiger partial charge < -0.3 is 10.2 Å². The van der Waals surface area contributed by atoms with E-state index in [4.69, 9.17) is 0 Å². The lowest BCUT2D eigenvalue weighted by atomic mass is 9.87. The molecule has 0 atom stereocenters. The lowest BCUT2D eigenvalue weighted by molar-refractivity contribution is 0.293. The summed E-state index contributed by atoms with van der Waals surface area (Å²) >= 11 is 3.36. The van der Waals surface area contributed by atoms with Crippen LogP contribution < -0.4 is 10.0 Å². The van der Waals surface area contributed by atoms with Crippen LogP contribution in [0.25, 0.3) is 0 Å². The molecule has 1 saturated carbocycles. The Bertz CT molecular complexity index is 698. The molecule has 0 bridgehead atoms. The maximum absolute atomic E-state index is 12.1. The quantitative estimate of drug-likeness (QED) is 0.258. The fraction of sp³-hybridized carbons (Fsp3) is 0.706. The third-order valence-electron chi connectivity index (χ3n) is 4.98. The Labute approximate surface area is 188 Å². The van der Waals surface area contributed by atoms with E-state index in [-0.39, 0.29) is 24.0 Å². The van der Waals surface area contributed by atoms with Crippen molar-refractivity contribution < 1.29 is 8.42 Å². The van der Waals surface area contributed by atoms with Crippen LogP contribution in [0.3, 0.4) is 0 Å². The minimum Gasteiger partial charge on any atom is -0.355 e. The van der Waals surface area contributed by atoms with E-state index in [1.807, 2.05) is 0 Å². The van der Waals surface area contributed by atoms with Gasteiger partial charge in [0.1, 0.15) is 4.21 Å². The highest BCUT2D eigenvalue weighted by atomic mass is 127. The molecular formula is C17H29IN4O2S3. The molecule has 0 radical (unpaired) electrons. The Hall–Kier alpha value is -0.0400. The van der Waals surface area contributed by atoms with Crippen molar-refractivity contribution in [3.8, 4) is 0 Å². The SMILES string of the molecule is CN=C(NCCNS(=O)(=O)c1cccs1)N1CCSC2(CCCCC2)C1.I. The smallest absolute Gasteiger partial charge is 0.250 e. The van der Waals surface area contributed by atoms with Gasteiger partial charge in [-0.05, 0) is 24.3 Å². The first-order valence-electron chi connectivity index (χ1n) is 9.17. The zero-order valence-corrected chi connectivity index (χ0v) is 20.4. The number of thioether (sulfide) groups is 1. The zero-order chi connectivity index (χ0) is 18.5. The van der Waals surface area contributed by atoms with E-state index >= 15 is 0 Å². The van der Waals surface area contributed by atoms with Gasteiger partial charge in [0, 0.05) is 43.7 Å². The third-order valence-corrected chi connectivity index (χ3v) is 9.38. The molecule has 3 rings (SSSR count). The molecule has 2 fully saturated rings. The van der Waals surface area contributed by atoms with Crippen LogP contribution >= 0.6 is 47.1 Å². The van der Waals surface area contributed by atoms with E-state index in [1.165, 1.54) is 43.4 Å². The van der Waals surface area contributed by atoms with Crippen molar-refractivity contribution in [3.63, 3.8) is 0 Å². The molecule has 27 heavy (non-hydrogen) atoms. The summed E-state index contributed by atoms with van der Waals surface area (Å²) in [5.74, 6) is 2.01. The number of thiophene rings is 1. The van der Waals surface area contributed by atoms with Crippen LogP contribution in [0.1, 0.15) is 32.1 Å². The fourth-order valence-electron chi connectivity index (χ4n) is 3.70. The summed E-state index contributed by atoms with van der Waals surface area (Å²) in [7, 11) is -1.60. The molecule has 0 aromatic carbocycles. The van der Waals surface area contributed by atoms with Crippen LogP contribution in [-0.2, 0) is 10.0 Å². The number of halogens is 1. The zero-order valence-electron chi connectivity index (χ0n) is 15.6. The molecule has 1 saturated heterocycles. The van der Waals surface area contributed by atoms with Gasteiger partial charge in [-0.25, -0.2) is 13.1 Å². The minimum atomic E-state index is -3.40. The van der Waals surface area contributed by atoms with E-state index in [1.54, 1.807) is 24.6 Å². The van der Waals surface area contributed by atoms with Crippen molar-refractivity contribution in [2.45, 2.75) is 41.1 Å². The Kier molecular flexibility index (Phi) is 9.17. The van der Waals surface area contributed by atoms with Crippen LogP contribution in [0.2, 0.25) is 0 Å². The van der Waals surface area contributed by atoms with Crippen LogP contribution in [-0.4, -0.2) is 63.0 Å². The summed E-state index contributed by atoms with van der Waals surface area (Å²) in [6, 6.07) is 3.36. The number of aliphatic imine (C=N–C) groups is 1. The molecule has 6 nitrogen and oxygen atoms in total. The largest absolute Gasteiger partial charge is 0.355 e. The average Bonchev–Trinajstić information content (AvgIpc) is 3.18. The number of hydrogen-bond donors (Lipinski definition) is 2. The van der Waals surface area contributed by atoms with Gasteiger partial charge >= 0.3 is 0 Å². The summed E-state index contributed by atoms with van der Waals surface area (Å²) in [6.07, 6.45) is 6.62. The molecule has 2 N–H and O–H groups in total. The van der Waals surface area contributed by atoms with Crippen molar-refractivity contribution in [1.82, 2.24) is 14.9 Å². The van der Waals surface area contributed by atoms with Crippen molar-refractivity contribution in [3.05, 3.63) is 17.5 Å². The topological polar surface area (TPSA) is 73.8 Å². The Balaban J connectivity index is 0.00000261.